The lowest BCUT2D eigenvalue weighted by Gasteiger charge is -2.49. The number of likely N-dealkylation sites (tertiary alicyclic amines) is 1. The van der Waals surface area contributed by atoms with E-state index in [2.05, 4.69) is 79.8 Å². The Balaban J connectivity index is 1.88. The predicted molar refractivity (Wildman–Crippen MR) is 135 cm³/mol. The average Bonchev–Trinajstić information content (AvgIpc) is 2.73. The van der Waals surface area contributed by atoms with Gasteiger partial charge in [0.05, 0.1) is 19.0 Å². The van der Waals surface area contributed by atoms with Crippen LogP contribution in [0.3, 0.4) is 0 Å². The number of ether oxygens (including phenoxy) is 1. The van der Waals surface area contributed by atoms with Gasteiger partial charge in [-0.05, 0) is 68.1 Å². The second-order valence-corrected chi connectivity index (χ2v) is 10.2. The number of nitrogens with zero attached hydrogens (tertiary/aromatic N) is 2. The van der Waals surface area contributed by atoms with Crippen molar-refractivity contribution in [1.82, 2.24) is 15.1 Å². The van der Waals surface area contributed by atoms with Crippen molar-refractivity contribution in [3.05, 3.63) is 76.6 Å². The summed E-state index contributed by atoms with van der Waals surface area (Å²) in [5, 5.41) is 4.48. The zero-order chi connectivity index (χ0) is 23.5. The van der Waals surface area contributed by atoms with Crippen LogP contribution in [0.15, 0.2) is 54.9 Å². The summed E-state index contributed by atoms with van der Waals surface area (Å²) in [6.45, 7) is 16.3. The summed E-state index contributed by atoms with van der Waals surface area (Å²) in [4.78, 5) is 4.87. The van der Waals surface area contributed by atoms with Crippen LogP contribution >= 0.6 is 11.6 Å². The van der Waals surface area contributed by atoms with E-state index in [1.807, 2.05) is 19.1 Å². The van der Waals surface area contributed by atoms with Crippen molar-refractivity contribution >= 4 is 11.6 Å². The Morgan fingerprint density at radius 1 is 1.31 bits per heavy atom. The van der Waals surface area contributed by atoms with Crippen LogP contribution in [-0.4, -0.2) is 43.1 Å². The van der Waals surface area contributed by atoms with E-state index in [-0.39, 0.29) is 11.5 Å². The molecule has 0 saturated carbocycles. The molecule has 2 atom stereocenters. The standard InChI is InChI=1S/C27H38ClN3O/c1-19-10-8-13-24(26(19)28)20(2)29-21(3)31(17-22-11-9-12-23(16-22)32-7)25-14-15-30(6)18-27(25,4)5/h8-13,16,20,25,29H,3,14-15,17-18H2,1-2,4-7H3. The average molecular weight is 456 g/mol. The molecule has 1 saturated heterocycles. The van der Waals surface area contributed by atoms with E-state index < -0.39 is 0 Å². The first-order valence-electron chi connectivity index (χ1n) is 11.4. The van der Waals surface area contributed by atoms with Crippen LogP contribution in [0.5, 0.6) is 5.75 Å². The number of methoxy groups -OCH3 is 1. The normalized spacial score (nSPS) is 19.3. The fraction of sp³-hybridized carbons (Fsp3) is 0.481. The molecule has 0 amide bonds. The summed E-state index contributed by atoms with van der Waals surface area (Å²) in [6.07, 6.45) is 1.09. The molecule has 1 fully saturated rings. The summed E-state index contributed by atoms with van der Waals surface area (Å²) in [6, 6.07) is 14.9. The molecule has 0 spiro atoms. The number of piperidine rings is 1. The Kier molecular flexibility index (Phi) is 7.79. The van der Waals surface area contributed by atoms with Crippen molar-refractivity contribution in [3.8, 4) is 5.75 Å². The minimum atomic E-state index is 0.0529. The van der Waals surface area contributed by atoms with Gasteiger partial charge in [0.15, 0.2) is 0 Å². The second kappa shape index (κ2) is 10.2. The van der Waals surface area contributed by atoms with E-state index in [0.717, 1.165) is 53.8 Å². The molecule has 1 aliphatic rings. The van der Waals surface area contributed by atoms with Crippen LogP contribution in [0.25, 0.3) is 0 Å². The van der Waals surface area contributed by atoms with Gasteiger partial charge in [0.25, 0.3) is 0 Å². The summed E-state index contributed by atoms with van der Waals surface area (Å²) >= 11 is 6.62. The van der Waals surface area contributed by atoms with Crippen molar-refractivity contribution in [1.29, 1.82) is 0 Å². The van der Waals surface area contributed by atoms with Crippen molar-refractivity contribution in [2.45, 2.75) is 52.7 Å². The minimum absolute atomic E-state index is 0.0529. The molecule has 0 bridgehead atoms. The highest BCUT2D eigenvalue weighted by Gasteiger charge is 2.39. The van der Waals surface area contributed by atoms with Crippen LogP contribution < -0.4 is 10.1 Å². The van der Waals surface area contributed by atoms with Gasteiger partial charge in [-0.3, -0.25) is 0 Å². The van der Waals surface area contributed by atoms with Gasteiger partial charge in [-0.25, -0.2) is 0 Å². The predicted octanol–water partition coefficient (Wildman–Crippen LogP) is 6.01. The van der Waals surface area contributed by atoms with Crippen molar-refractivity contribution in [3.63, 3.8) is 0 Å². The molecule has 1 heterocycles. The molecule has 5 heteroatoms. The van der Waals surface area contributed by atoms with E-state index in [4.69, 9.17) is 16.3 Å². The number of benzene rings is 2. The first-order valence-corrected chi connectivity index (χ1v) is 11.8. The molecule has 0 aliphatic carbocycles. The zero-order valence-electron chi connectivity index (χ0n) is 20.4. The Morgan fingerprint density at radius 3 is 2.72 bits per heavy atom. The van der Waals surface area contributed by atoms with Crippen molar-refractivity contribution in [2.75, 3.05) is 27.2 Å². The van der Waals surface area contributed by atoms with E-state index in [0.29, 0.717) is 6.04 Å². The molecular weight excluding hydrogens is 418 g/mol. The van der Waals surface area contributed by atoms with Gasteiger partial charge < -0.3 is 19.9 Å². The fourth-order valence-corrected chi connectivity index (χ4v) is 5.26. The lowest BCUT2D eigenvalue weighted by molar-refractivity contribution is 0.0249. The lowest BCUT2D eigenvalue weighted by Crippen LogP contribution is -2.55. The Hall–Kier alpha value is -2.17. The van der Waals surface area contributed by atoms with Crippen LogP contribution in [0.2, 0.25) is 5.02 Å². The largest absolute Gasteiger partial charge is 0.497 e. The van der Waals surface area contributed by atoms with Gasteiger partial charge in [0.1, 0.15) is 5.75 Å². The highest BCUT2D eigenvalue weighted by atomic mass is 35.5. The summed E-state index contributed by atoms with van der Waals surface area (Å²) < 4.78 is 5.47. The number of nitrogens with one attached hydrogen (secondary N) is 1. The van der Waals surface area contributed by atoms with Crippen LogP contribution in [-0.2, 0) is 6.54 Å². The molecule has 0 radical (unpaired) electrons. The maximum Gasteiger partial charge on any atom is 0.119 e. The molecule has 0 aromatic heterocycles. The monoisotopic (exact) mass is 455 g/mol. The second-order valence-electron chi connectivity index (χ2n) is 9.80. The molecule has 2 unspecified atom stereocenters. The third-order valence-electron chi connectivity index (χ3n) is 6.65. The molecule has 2 aromatic carbocycles. The lowest BCUT2D eigenvalue weighted by atomic mass is 9.78. The quantitative estimate of drug-likeness (QED) is 0.527. The number of hydrogen-bond acceptors (Lipinski definition) is 4. The van der Waals surface area contributed by atoms with Gasteiger partial charge in [-0.15, -0.1) is 0 Å². The summed E-state index contributed by atoms with van der Waals surface area (Å²) in [5.41, 5.74) is 3.52. The van der Waals surface area contributed by atoms with E-state index >= 15 is 0 Å². The maximum atomic E-state index is 6.62. The first-order chi connectivity index (χ1) is 15.1. The van der Waals surface area contributed by atoms with E-state index in [1.54, 1.807) is 7.11 Å². The third-order valence-corrected chi connectivity index (χ3v) is 7.16. The molecular formula is C27H38ClN3O. The molecule has 1 N–H and O–H groups in total. The highest BCUT2D eigenvalue weighted by molar-refractivity contribution is 6.32. The van der Waals surface area contributed by atoms with Gasteiger partial charge in [-0.1, -0.05) is 62.4 Å². The molecule has 32 heavy (non-hydrogen) atoms. The smallest absolute Gasteiger partial charge is 0.119 e. The van der Waals surface area contributed by atoms with Gasteiger partial charge in [0.2, 0.25) is 0 Å². The van der Waals surface area contributed by atoms with Gasteiger partial charge in [-0.2, -0.15) is 0 Å². The van der Waals surface area contributed by atoms with E-state index in [1.165, 1.54) is 5.56 Å². The minimum Gasteiger partial charge on any atom is -0.497 e. The van der Waals surface area contributed by atoms with Crippen molar-refractivity contribution < 1.29 is 4.74 Å². The summed E-state index contributed by atoms with van der Waals surface area (Å²) in [7, 11) is 3.92. The van der Waals surface area contributed by atoms with Gasteiger partial charge >= 0.3 is 0 Å². The number of aryl methyl sites for hydroxylation is 1. The summed E-state index contributed by atoms with van der Waals surface area (Å²) in [5.74, 6) is 1.81. The SMILES string of the molecule is C=C(NC(C)c1cccc(C)c1Cl)N(Cc1cccc(OC)c1)C1CCN(C)CC1(C)C. The Bertz CT molecular complexity index is 942. The molecule has 3 rings (SSSR count). The molecule has 2 aromatic rings. The Labute approximate surface area is 199 Å². The Morgan fingerprint density at radius 2 is 2.03 bits per heavy atom. The fourth-order valence-electron chi connectivity index (χ4n) is 4.97. The maximum absolute atomic E-state index is 6.62. The van der Waals surface area contributed by atoms with Gasteiger partial charge in [0, 0.05) is 24.2 Å². The zero-order valence-corrected chi connectivity index (χ0v) is 21.2. The third kappa shape index (κ3) is 5.60. The first kappa shape index (κ1) is 24.5. The molecule has 4 nitrogen and oxygen atoms in total. The van der Waals surface area contributed by atoms with Crippen LogP contribution in [0.1, 0.15) is 49.9 Å². The molecule has 1 aliphatic heterocycles. The number of rotatable bonds is 8. The van der Waals surface area contributed by atoms with Crippen LogP contribution in [0, 0.1) is 12.3 Å². The van der Waals surface area contributed by atoms with E-state index in [9.17, 15) is 0 Å². The highest BCUT2D eigenvalue weighted by Crippen LogP contribution is 2.36. The molecule has 174 valence electrons. The number of halogens is 1. The van der Waals surface area contributed by atoms with Crippen molar-refractivity contribution in [2.24, 2.45) is 5.41 Å². The topological polar surface area (TPSA) is 27.7 Å². The number of hydrogen-bond donors (Lipinski definition) is 1. The van der Waals surface area contributed by atoms with Crippen LogP contribution in [0.4, 0.5) is 0 Å².